The van der Waals surface area contributed by atoms with Gasteiger partial charge in [0.25, 0.3) is 0 Å². The van der Waals surface area contributed by atoms with Gasteiger partial charge >= 0.3 is 0 Å². The normalized spacial score (nSPS) is 21.4. The van der Waals surface area contributed by atoms with Crippen molar-refractivity contribution in [1.29, 1.82) is 5.26 Å². The lowest BCUT2D eigenvalue weighted by Crippen LogP contribution is -2.56. The van der Waals surface area contributed by atoms with Crippen molar-refractivity contribution in [2.24, 2.45) is 10.8 Å². The topological polar surface area (TPSA) is 71.9 Å². The number of nitrogens with two attached hydrogens (primary N) is 1. The van der Waals surface area contributed by atoms with Crippen LogP contribution in [0.25, 0.3) is 0 Å². The highest BCUT2D eigenvalue weighted by Gasteiger charge is 2.31. The van der Waals surface area contributed by atoms with E-state index in [1.165, 1.54) is 0 Å². The predicted octanol–water partition coefficient (Wildman–Crippen LogP) is 1.60. The van der Waals surface area contributed by atoms with Crippen molar-refractivity contribution in [2.45, 2.75) is 12.5 Å². The van der Waals surface area contributed by atoms with Crippen LogP contribution < -0.4 is 5.84 Å². The first-order valence-electron chi connectivity index (χ1n) is 7.85. The van der Waals surface area contributed by atoms with E-state index in [-0.39, 0.29) is 6.04 Å². The number of nitriles is 1. The van der Waals surface area contributed by atoms with Crippen molar-refractivity contribution in [1.82, 2.24) is 14.8 Å². The Labute approximate surface area is 137 Å². The zero-order valence-corrected chi connectivity index (χ0v) is 13.4. The maximum atomic E-state index is 9.14. The van der Waals surface area contributed by atoms with Gasteiger partial charge in [-0.05, 0) is 31.7 Å². The molecule has 2 heterocycles. The van der Waals surface area contributed by atoms with Gasteiger partial charge in [-0.3, -0.25) is 5.01 Å². The van der Waals surface area contributed by atoms with Crippen LogP contribution in [0.5, 0.6) is 0 Å². The van der Waals surface area contributed by atoms with Crippen molar-refractivity contribution < 1.29 is 0 Å². The van der Waals surface area contributed by atoms with Crippen molar-refractivity contribution in [3.8, 4) is 6.07 Å². The molecule has 0 radical (unpaired) electrons. The van der Waals surface area contributed by atoms with Gasteiger partial charge in [0.05, 0.1) is 23.4 Å². The quantitative estimate of drug-likeness (QED) is 0.663. The van der Waals surface area contributed by atoms with Crippen LogP contribution in [-0.2, 0) is 0 Å². The third-order valence-electron chi connectivity index (χ3n) is 4.48. The number of hydrogen-bond acceptors (Lipinski definition) is 6. The molecular weight excluding hydrogens is 288 g/mol. The molecule has 2 aliphatic rings. The maximum absolute atomic E-state index is 9.14. The van der Waals surface area contributed by atoms with Crippen LogP contribution in [0, 0.1) is 11.3 Å². The highest BCUT2D eigenvalue weighted by atomic mass is 15.5. The van der Waals surface area contributed by atoms with Crippen LogP contribution >= 0.6 is 0 Å². The van der Waals surface area contributed by atoms with E-state index in [1.807, 2.05) is 18.2 Å². The summed E-state index contributed by atoms with van der Waals surface area (Å²) < 4.78 is 0. The SMILES string of the molecule is C=CCC1c2cc(C#N)ccc2N=C(N2CCN(C)CC2)N1N. The fourth-order valence-electron chi connectivity index (χ4n) is 3.09. The fourth-order valence-corrected chi connectivity index (χ4v) is 3.09. The highest BCUT2D eigenvalue weighted by molar-refractivity contribution is 5.85. The first kappa shape index (κ1) is 15.5. The minimum Gasteiger partial charge on any atom is -0.339 e. The van der Waals surface area contributed by atoms with Crippen LogP contribution in [0.15, 0.2) is 35.8 Å². The largest absolute Gasteiger partial charge is 0.339 e. The molecule has 1 aromatic carbocycles. The fraction of sp³-hybridized carbons (Fsp3) is 0.412. The van der Waals surface area contributed by atoms with E-state index in [0.717, 1.165) is 43.4 Å². The standard InChI is InChI=1S/C17H22N6/c1-3-4-16-14-11-13(12-18)5-6-15(14)20-17(23(16)19)22-9-7-21(2)8-10-22/h3,5-6,11,16H,1,4,7-10,19H2,2H3. The lowest BCUT2D eigenvalue weighted by atomic mass is 9.97. The molecule has 1 fully saturated rings. The number of benzene rings is 1. The third-order valence-corrected chi connectivity index (χ3v) is 4.48. The minimum absolute atomic E-state index is 0.0389. The number of nitrogens with zero attached hydrogens (tertiary/aromatic N) is 5. The monoisotopic (exact) mass is 310 g/mol. The molecule has 6 nitrogen and oxygen atoms in total. The molecule has 23 heavy (non-hydrogen) atoms. The van der Waals surface area contributed by atoms with Gasteiger partial charge in [-0.2, -0.15) is 5.26 Å². The summed E-state index contributed by atoms with van der Waals surface area (Å²) in [6.07, 6.45) is 2.57. The molecule has 1 unspecified atom stereocenters. The number of piperazine rings is 1. The average Bonchev–Trinajstić information content (AvgIpc) is 2.57. The van der Waals surface area contributed by atoms with Gasteiger partial charge in [0.2, 0.25) is 5.96 Å². The Morgan fingerprint density at radius 1 is 1.39 bits per heavy atom. The van der Waals surface area contributed by atoms with Gasteiger partial charge in [0.15, 0.2) is 0 Å². The molecule has 0 saturated carbocycles. The van der Waals surface area contributed by atoms with Gasteiger partial charge in [0.1, 0.15) is 0 Å². The van der Waals surface area contributed by atoms with Gasteiger partial charge in [-0.1, -0.05) is 6.08 Å². The van der Waals surface area contributed by atoms with E-state index >= 15 is 0 Å². The van der Waals surface area contributed by atoms with E-state index in [1.54, 1.807) is 11.1 Å². The summed E-state index contributed by atoms with van der Waals surface area (Å²) in [7, 11) is 2.12. The number of likely N-dealkylation sites (N-methyl/N-ethyl adjacent to an activating group) is 1. The van der Waals surface area contributed by atoms with Gasteiger partial charge < -0.3 is 9.80 Å². The summed E-state index contributed by atoms with van der Waals surface area (Å²) in [6, 6.07) is 7.74. The second kappa shape index (κ2) is 6.41. The molecular formula is C17H22N6. The maximum Gasteiger partial charge on any atom is 0.217 e. The Morgan fingerprint density at radius 2 is 2.13 bits per heavy atom. The molecule has 0 bridgehead atoms. The second-order valence-corrected chi connectivity index (χ2v) is 6.03. The molecule has 2 aliphatic heterocycles. The first-order chi connectivity index (χ1) is 11.1. The molecule has 0 spiro atoms. The Morgan fingerprint density at radius 3 is 2.78 bits per heavy atom. The summed E-state index contributed by atoms with van der Waals surface area (Å²) in [5, 5.41) is 10.9. The smallest absolute Gasteiger partial charge is 0.217 e. The Balaban J connectivity index is 1.99. The van der Waals surface area contributed by atoms with E-state index in [9.17, 15) is 0 Å². The Kier molecular flexibility index (Phi) is 4.33. The van der Waals surface area contributed by atoms with E-state index in [0.29, 0.717) is 12.0 Å². The molecule has 6 heteroatoms. The molecule has 1 saturated heterocycles. The zero-order chi connectivity index (χ0) is 16.4. The van der Waals surface area contributed by atoms with Crippen molar-refractivity contribution in [3.05, 3.63) is 42.0 Å². The lowest BCUT2D eigenvalue weighted by Gasteiger charge is -2.42. The lowest BCUT2D eigenvalue weighted by molar-refractivity contribution is 0.183. The van der Waals surface area contributed by atoms with E-state index in [2.05, 4.69) is 29.5 Å². The first-order valence-corrected chi connectivity index (χ1v) is 7.85. The molecule has 1 aromatic rings. The molecule has 120 valence electrons. The van der Waals surface area contributed by atoms with Gasteiger partial charge in [0, 0.05) is 31.7 Å². The van der Waals surface area contributed by atoms with E-state index in [4.69, 9.17) is 16.1 Å². The molecule has 2 N–H and O–H groups in total. The van der Waals surface area contributed by atoms with Gasteiger partial charge in [-0.15, -0.1) is 6.58 Å². The second-order valence-electron chi connectivity index (χ2n) is 6.03. The summed E-state index contributed by atoms with van der Waals surface area (Å²) in [4.78, 5) is 9.30. The zero-order valence-electron chi connectivity index (χ0n) is 13.4. The summed E-state index contributed by atoms with van der Waals surface area (Å²) in [6.45, 7) is 7.67. The molecule has 1 atom stereocenters. The summed E-state index contributed by atoms with van der Waals surface area (Å²) in [5.74, 6) is 7.21. The number of fused-ring (bicyclic) bond motifs is 1. The van der Waals surface area contributed by atoms with Crippen molar-refractivity contribution in [3.63, 3.8) is 0 Å². The third kappa shape index (κ3) is 2.93. The average molecular weight is 310 g/mol. The minimum atomic E-state index is -0.0389. The van der Waals surface area contributed by atoms with Crippen molar-refractivity contribution >= 4 is 11.6 Å². The van der Waals surface area contributed by atoms with Crippen LogP contribution in [-0.4, -0.2) is 54.0 Å². The Hall–Kier alpha value is -2.36. The van der Waals surface area contributed by atoms with Crippen LogP contribution in [0.1, 0.15) is 23.6 Å². The van der Waals surface area contributed by atoms with E-state index < -0.39 is 0 Å². The number of guanidine groups is 1. The molecule has 3 rings (SSSR count). The number of rotatable bonds is 2. The predicted molar refractivity (Wildman–Crippen MR) is 90.9 cm³/mol. The highest BCUT2D eigenvalue weighted by Crippen LogP contribution is 2.36. The summed E-state index contributed by atoms with van der Waals surface area (Å²) in [5.41, 5.74) is 2.51. The Bertz CT molecular complexity index is 666. The van der Waals surface area contributed by atoms with Crippen molar-refractivity contribution in [2.75, 3.05) is 33.2 Å². The molecule has 0 aliphatic carbocycles. The number of hydrogen-bond donors (Lipinski definition) is 1. The van der Waals surface area contributed by atoms with Crippen LogP contribution in [0.2, 0.25) is 0 Å². The number of aliphatic imine (C=N–C) groups is 1. The van der Waals surface area contributed by atoms with Crippen LogP contribution in [0.4, 0.5) is 5.69 Å². The molecule has 0 aromatic heterocycles. The van der Waals surface area contributed by atoms with Crippen LogP contribution in [0.3, 0.4) is 0 Å². The molecule has 0 amide bonds. The summed E-state index contributed by atoms with van der Waals surface area (Å²) >= 11 is 0. The van der Waals surface area contributed by atoms with Gasteiger partial charge in [-0.25, -0.2) is 10.8 Å². The number of hydrazine groups is 1.